The van der Waals surface area contributed by atoms with E-state index in [0.717, 1.165) is 19.4 Å². The molecule has 3 rings (SSSR count). The quantitative estimate of drug-likeness (QED) is 0.891. The highest BCUT2D eigenvalue weighted by molar-refractivity contribution is 5.82. The molecule has 20 heavy (non-hydrogen) atoms. The second kappa shape index (κ2) is 5.89. The third kappa shape index (κ3) is 2.69. The van der Waals surface area contributed by atoms with E-state index in [4.69, 9.17) is 4.74 Å². The first-order valence-electron chi connectivity index (χ1n) is 7.14. The van der Waals surface area contributed by atoms with Crippen molar-refractivity contribution >= 4 is 5.91 Å². The van der Waals surface area contributed by atoms with E-state index in [0.29, 0.717) is 25.3 Å². The van der Waals surface area contributed by atoms with Crippen molar-refractivity contribution < 1.29 is 13.9 Å². The predicted molar refractivity (Wildman–Crippen MR) is 72.7 cm³/mol. The highest BCUT2D eigenvalue weighted by Gasteiger charge is 2.32. The van der Waals surface area contributed by atoms with Crippen LogP contribution in [0.5, 0.6) is 0 Å². The highest BCUT2D eigenvalue weighted by atomic mass is 19.1. The fourth-order valence-electron chi connectivity index (χ4n) is 2.89. The summed E-state index contributed by atoms with van der Waals surface area (Å²) >= 11 is 0. The Balaban J connectivity index is 1.70. The summed E-state index contributed by atoms with van der Waals surface area (Å²) in [5.41, 5.74) is 0.532. The normalized spacial score (nSPS) is 26.8. The molecule has 2 aliphatic heterocycles. The van der Waals surface area contributed by atoms with Crippen LogP contribution < -0.4 is 5.32 Å². The van der Waals surface area contributed by atoms with Gasteiger partial charge in [-0.15, -0.1) is 0 Å². The van der Waals surface area contributed by atoms with Gasteiger partial charge in [0.05, 0.1) is 19.2 Å². The summed E-state index contributed by atoms with van der Waals surface area (Å²) in [6.07, 6.45) is 1.56. The minimum atomic E-state index is -0.365. The van der Waals surface area contributed by atoms with Crippen LogP contribution in [-0.4, -0.2) is 43.1 Å². The minimum absolute atomic E-state index is 0.0747. The third-order valence-corrected chi connectivity index (χ3v) is 3.99. The van der Waals surface area contributed by atoms with Gasteiger partial charge in [-0.1, -0.05) is 18.2 Å². The summed E-state index contributed by atoms with van der Waals surface area (Å²) in [7, 11) is 0. The number of nitrogens with zero attached hydrogens (tertiary/aromatic N) is 1. The van der Waals surface area contributed by atoms with Gasteiger partial charge in [-0.3, -0.25) is 4.79 Å². The summed E-state index contributed by atoms with van der Waals surface area (Å²) in [5.74, 6) is -0.155. The number of halogens is 1. The molecule has 108 valence electrons. The number of benzene rings is 1. The van der Waals surface area contributed by atoms with Gasteiger partial charge < -0.3 is 15.0 Å². The first kappa shape index (κ1) is 13.5. The SMILES string of the molecule is O=C([C@@H]1CCCN1)N1CCO[C@H](c2ccccc2F)C1. The number of ether oxygens (including phenoxy) is 1. The summed E-state index contributed by atoms with van der Waals surface area (Å²) in [6, 6.07) is 6.53. The van der Waals surface area contributed by atoms with Crippen LogP contribution in [0, 0.1) is 5.82 Å². The number of amides is 1. The van der Waals surface area contributed by atoms with E-state index < -0.39 is 0 Å². The average Bonchev–Trinajstić information content (AvgIpc) is 3.01. The Hall–Kier alpha value is -1.46. The van der Waals surface area contributed by atoms with Crippen molar-refractivity contribution in [2.75, 3.05) is 26.2 Å². The lowest BCUT2D eigenvalue weighted by Crippen LogP contribution is -2.49. The molecule has 0 spiro atoms. The van der Waals surface area contributed by atoms with Crippen LogP contribution in [0.3, 0.4) is 0 Å². The molecule has 5 heteroatoms. The first-order valence-corrected chi connectivity index (χ1v) is 7.14. The van der Waals surface area contributed by atoms with Crippen molar-refractivity contribution in [3.63, 3.8) is 0 Å². The van der Waals surface area contributed by atoms with E-state index in [9.17, 15) is 9.18 Å². The van der Waals surface area contributed by atoms with Crippen molar-refractivity contribution in [2.24, 2.45) is 0 Å². The molecule has 2 saturated heterocycles. The van der Waals surface area contributed by atoms with Gasteiger partial charge in [0, 0.05) is 12.1 Å². The molecule has 4 nitrogen and oxygen atoms in total. The van der Waals surface area contributed by atoms with Gasteiger partial charge in [0.15, 0.2) is 0 Å². The zero-order valence-corrected chi connectivity index (χ0v) is 11.3. The molecule has 2 aliphatic rings. The Labute approximate surface area is 117 Å². The lowest BCUT2D eigenvalue weighted by Gasteiger charge is -2.34. The van der Waals surface area contributed by atoms with E-state index in [1.165, 1.54) is 6.07 Å². The topological polar surface area (TPSA) is 41.6 Å². The molecule has 0 radical (unpaired) electrons. The molecule has 1 aromatic carbocycles. The van der Waals surface area contributed by atoms with Crippen LogP contribution in [0.2, 0.25) is 0 Å². The summed E-state index contributed by atoms with van der Waals surface area (Å²) in [5, 5.41) is 3.21. The minimum Gasteiger partial charge on any atom is -0.370 e. The molecule has 0 aliphatic carbocycles. The van der Waals surface area contributed by atoms with Gasteiger partial charge >= 0.3 is 0 Å². The van der Waals surface area contributed by atoms with Gasteiger partial charge in [-0.05, 0) is 25.5 Å². The van der Waals surface area contributed by atoms with Crippen LogP contribution >= 0.6 is 0 Å². The van der Waals surface area contributed by atoms with Crippen molar-refractivity contribution in [2.45, 2.75) is 25.0 Å². The monoisotopic (exact) mass is 278 g/mol. The molecule has 1 amide bonds. The van der Waals surface area contributed by atoms with Crippen molar-refractivity contribution in [3.05, 3.63) is 35.6 Å². The van der Waals surface area contributed by atoms with Crippen LogP contribution in [0.15, 0.2) is 24.3 Å². The fraction of sp³-hybridized carbons (Fsp3) is 0.533. The molecule has 2 atom stereocenters. The Morgan fingerprint density at radius 1 is 1.40 bits per heavy atom. The second-order valence-electron chi connectivity index (χ2n) is 5.31. The van der Waals surface area contributed by atoms with Gasteiger partial charge in [0.1, 0.15) is 11.9 Å². The number of carbonyl (C=O) groups excluding carboxylic acids is 1. The van der Waals surface area contributed by atoms with E-state index in [1.54, 1.807) is 23.1 Å². The molecular weight excluding hydrogens is 259 g/mol. The van der Waals surface area contributed by atoms with Crippen LogP contribution in [0.25, 0.3) is 0 Å². The Kier molecular flexibility index (Phi) is 3.98. The number of morpholine rings is 1. The average molecular weight is 278 g/mol. The molecule has 0 saturated carbocycles. The Bertz CT molecular complexity index is 489. The number of nitrogens with one attached hydrogen (secondary N) is 1. The summed E-state index contributed by atoms with van der Waals surface area (Å²) in [6.45, 7) is 2.37. The fourth-order valence-corrected chi connectivity index (χ4v) is 2.89. The van der Waals surface area contributed by atoms with E-state index in [1.807, 2.05) is 0 Å². The number of hydrogen-bond donors (Lipinski definition) is 1. The standard InChI is InChI=1S/C15H19FN2O2/c16-12-5-2-1-4-11(12)14-10-18(8-9-20-14)15(19)13-6-3-7-17-13/h1-2,4-5,13-14,17H,3,6-10H2/t13-,14-/m0/s1. The van der Waals surface area contributed by atoms with Gasteiger partial charge in [-0.2, -0.15) is 0 Å². The molecule has 0 bridgehead atoms. The van der Waals surface area contributed by atoms with Crippen LogP contribution in [0.4, 0.5) is 4.39 Å². The van der Waals surface area contributed by atoms with Crippen LogP contribution in [0.1, 0.15) is 24.5 Å². The van der Waals surface area contributed by atoms with E-state index in [2.05, 4.69) is 5.32 Å². The van der Waals surface area contributed by atoms with Gasteiger partial charge in [-0.25, -0.2) is 4.39 Å². The van der Waals surface area contributed by atoms with Crippen molar-refractivity contribution in [3.8, 4) is 0 Å². The van der Waals surface area contributed by atoms with Gasteiger partial charge in [0.2, 0.25) is 5.91 Å². The number of hydrogen-bond acceptors (Lipinski definition) is 3. The third-order valence-electron chi connectivity index (χ3n) is 3.99. The number of rotatable bonds is 2. The zero-order valence-electron chi connectivity index (χ0n) is 11.3. The summed E-state index contributed by atoms with van der Waals surface area (Å²) in [4.78, 5) is 14.2. The van der Waals surface area contributed by atoms with Crippen molar-refractivity contribution in [1.29, 1.82) is 0 Å². The molecule has 0 aromatic heterocycles. The lowest BCUT2D eigenvalue weighted by atomic mass is 10.1. The lowest BCUT2D eigenvalue weighted by molar-refractivity contribution is -0.141. The Morgan fingerprint density at radius 3 is 3.00 bits per heavy atom. The predicted octanol–water partition coefficient (Wildman–Crippen LogP) is 1.48. The smallest absolute Gasteiger partial charge is 0.239 e. The maximum atomic E-state index is 13.8. The van der Waals surface area contributed by atoms with Crippen LogP contribution in [-0.2, 0) is 9.53 Å². The molecule has 2 fully saturated rings. The number of carbonyl (C=O) groups is 1. The first-order chi connectivity index (χ1) is 9.75. The molecule has 1 N–H and O–H groups in total. The van der Waals surface area contributed by atoms with Gasteiger partial charge in [0.25, 0.3) is 0 Å². The van der Waals surface area contributed by atoms with Crippen molar-refractivity contribution in [1.82, 2.24) is 10.2 Å². The molecule has 0 unspecified atom stereocenters. The van der Waals surface area contributed by atoms with E-state index in [-0.39, 0.29) is 23.9 Å². The molecule has 1 aromatic rings. The second-order valence-corrected chi connectivity index (χ2v) is 5.31. The maximum Gasteiger partial charge on any atom is 0.239 e. The van der Waals surface area contributed by atoms with E-state index >= 15 is 0 Å². The Morgan fingerprint density at radius 2 is 2.25 bits per heavy atom. The highest BCUT2D eigenvalue weighted by Crippen LogP contribution is 2.25. The largest absolute Gasteiger partial charge is 0.370 e. The summed E-state index contributed by atoms with van der Waals surface area (Å²) < 4.78 is 19.4. The molecular formula is C15H19FN2O2. The zero-order chi connectivity index (χ0) is 13.9. The maximum absolute atomic E-state index is 13.8. The molecule has 2 heterocycles.